The van der Waals surface area contributed by atoms with Crippen LogP contribution < -0.4 is 10.1 Å². The minimum atomic E-state index is -0.726. The molecule has 8 nitrogen and oxygen atoms in total. The summed E-state index contributed by atoms with van der Waals surface area (Å²) in [6.45, 7) is 7.07. The first-order valence-electron chi connectivity index (χ1n) is 6.35. The van der Waals surface area contributed by atoms with E-state index in [1.54, 1.807) is 27.7 Å². The summed E-state index contributed by atoms with van der Waals surface area (Å²) in [7, 11) is 1.37. The Morgan fingerprint density at radius 3 is 2.52 bits per heavy atom. The molecular formula is C13H19N3O5. The number of rotatable bonds is 4. The number of esters is 1. The van der Waals surface area contributed by atoms with Crippen LogP contribution in [0.5, 0.6) is 5.88 Å². The van der Waals surface area contributed by atoms with Crippen molar-refractivity contribution in [3.05, 3.63) is 11.9 Å². The predicted octanol–water partition coefficient (Wildman–Crippen LogP) is 2.01. The lowest BCUT2D eigenvalue weighted by Gasteiger charge is -2.19. The van der Waals surface area contributed by atoms with Gasteiger partial charge in [0, 0.05) is 0 Å². The van der Waals surface area contributed by atoms with Crippen molar-refractivity contribution in [1.82, 2.24) is 9.97 Å². The van der Waals surface area contributed by atoms with E-state index in [1.807, 2.05) is 0 Å². The Labute approximate surface area is 122 Å². The van der Waals surface area contributed by atoms with E-state index in [-0.39, 0.29) is 24.0 Å². The lowest BCUT2D eigenvalue weighted by molar-refractivity contribution is 0.0516. The summed E-state index contributed by atoms with van der Waals surface area (Å²) in [5, 5.41) is 2.39. The third-order valence-electron chi connectivity index (χ3n) is 2.04. The van der Waals surface area contributed by atoms with Gasteiger partial charge in [0.1, 0.15) is 5.60 Å². The molecule has 0 saturated heterocycles. The third kappa shape index (κ3) is 5.25. The van der Waals surface area contributed by atoms with Crippen LogP contribution in [0.1, 0.15) is 38.2 Å². The van der Waals surface area contributed by atoms with E-state index in [1.165, 1.54) is 13.3 Å². The first-order chi connectivity index (χ1) is 9.76. The van der Waals surface area contributed by atoms with Gasteiger partial charge in [0.15, 0.2) is 11.5 Å². The zero-order valence-corrected chi connectivity index (χ0v) is 12.7. The molecule has 1 amide bonds. The van der Waals surface area contributed by atoms with E-state index in [2.05, 4.69) is 15.3 Å². The molecule has 0 fully saturated rings. The Bertz CT molecular complexity index is 525. The summed E-state index contributed by atoms with van der Waals surface area (Å²) >= 11 is 0. The van der Waals surface area contributed by atoms with Gasteiger partial charge in [-0.1, -0.05) is 0 Å². The van der Waals surface area contributed by atoms with Crippen molar-refractivity contribution in [3.8, 4) is 5.88 Å². The Kier molecular flexibility index (Phi) is 5.45. The van der Waals surface area contributed by atoms with Crippen LogP contribution in [0.4, 0.5) is 10.6 Å². The molecule has 116 valence electrons. The largest absolute Gasteiger partial charge is 0.478 e. The number of hydrogen-bond acceptors (Lipinski definition) is 7. The molecule has 0 spiro atoms. The van der Waals surface area contributed by atoms with Gasteiger partial charge in [0.25, 0.3) is 5.88 Å². The molecule has 1 N–H and O–H groups in total. The second-order valence-electron chi connectivity index (χ2n) is 4.96. The van der Waals surface area contributed by atoms with Crippen LogP contribution in [0.25, 0.3) is 0 Å². The number of anilines is 1. The normalized spacial score (nSPS) is 10.7. The Hall–Kier alpha value is -2.38. The number of carbonyl (C=O) groups excluding carboxylic acids is 2. The average molecular weight is 297 g/mol. The number of hydrogen-bond donors (Lipinski definition) is 1. The van der Waals surface area contributed by atoms with Crippen molar-refractivity contribution in [2.24, 2.45) is 0 Å². The van der Waals surface area contributed by atoms with Crippen LogP contribution in [-0.4, -0.2) is 41.3 Å². The predicted molar refractivity (Wildman–Crippen MR) is 74.4 cm³/mol. The van der Waals surface area contributed by atoms with Crippen LogP contribution >= 0.6 is 0 Å². The van der Waals surface area contributed by atoms with E-state index in [0.29, 0.717) is 0 Å². The van der Waals surface area contributed by atoms with Crippen LogP contribution in [0, 0.1) is 0 Å². The molecule has 0 atom stereocenters. The Morgan fingerprint density at radius 2 is 2.00 bits per heavy atom. The topological polar surface area (TPSA) is 99.6 Å². The molecule has 0 aromatic carbocycles. The molecule has 1 aromatic rings. The highest BCUT2D eigenvalue weighted by Gasteiger charge is 2.20. The van der Waals surface area contributed by atoms with Crippen molar-refractivity contribution in [2.75, 3.05) is 19.0 Å². The summed E-state index contributed by atoms with van der Waals surface area (Å²) in [5.41, 5.74) is -0.701. The van der Waals surface area contributed by atoms with Crippen LogP contribution in [0.3, 0.4) is 0 Å². The van der Waals surface area contributed by atoms with E-state index in [9.17, 15) is 9.59 Å². The minimum Gasteiger partial charge on any atom is -0.478 e. The second-order valence-corrected chi connectivity index (χ2v) is 4.96. The van der Waals surface area contributed by atoms with Crippen LogP contribution in [-0.2, 0) is 9.47 Å². The quantitative estimate of drug-likeness (QED) is 0.848. The molecule has 0 aliphatic heterocycles. The molecule has 21 heavy (non-hydrogen) atoms. The highest BCUT2D eigenvalue weighted by atomic mass is 16.6. The van der Waals surface area contributed by atoms with E-state index in [4.69, 9.17) is 14.2 Å². The summed E-state index contributed by atoms with van der Waals surface area (Å²) < 4.78 is 14.9. The molecule has 0 unspecified atom stereocenters. The van der Waals surface area contributed by atoms with Crippen molar-refractivity contribution in [3.63, 3.8) is 0 Å². The Balaban J connectivity index is 2.95. The van der Waals surface area contributed by atoms with E-state index < -0.39 is 17.7 Å². The fourth-order valence-electron chi connectivity index (χ4n) is 1.31. The highest BCUT2D eigenvalue weighted by molar-refractivity contribution is 5.89. The summed E-state index contributed by atoms with van der Waals surface area (Å²) in [6.07, 6.45) is 0.480. The Morgan fingerprint density at radius 1 is 1.33 bits per heavy atom. The molecular weight excluding hydrogens is 278 g/mol. The van der Waals surface area contributed by atoms with E-state index >= 15 is 0 Å². The van der Waals surface area contributed by atoms with Crippen molar-refractivity contribution >= 4 is 17.9 Å². The number of nitrogens with zero attached hydrogens (tertiary/aromatic N) is 2. The maximum atomic E-state index is 11.7. The number of amides is 1. The van der Waals surface area contributed by atoms with Gasteiger partial charge < -0.3 is 14.2 Å². The number of carbonyl (C=O) groups is 2. The molecule has 0 bridgehead atoms. The molecule has 1 heterocycles. The molecule has 0 aliphatic rings. The maximum Gasteiger partial charge on any atom is 0.413 e. The van der Waals surface area contributed by atoms with Crippen molar-refractivity contribution in [2.45, 2.75) is 33.3 Å². The molecule has 0 aliphatic carbocycles. The van der Waals surface area contributed by atoms with Gasteiger partial charge in [-0.25, -0.2) is 19.6 Å². The van der Waals surface area contributed by atoms with Crippen LogP contribution in [0.15, 0.2) is 6.20 Å². The van der Waals surface area contributed by atoms with Gasteiger partial charge in [0.05, 0.1) is 19.9 Å². The molecule has 0 saturated carbocycles. The highest BCUT2D eigenvalue weighted by Crippen LogP contribution is 2.20. The molecule has 1 rings (SSSR count). The lowest BCUT2D eigenvalue weighted by Crippen LogP contribution is -2.28. The number of methoxy groups -OCH3 is 1. The van der Waals surface area contributed by atoms with Crippen molar-refractivity contribution in [1.29, 1.82) is 0 Å². The molecule has 8 heteroatoms. The smallest absolute Gasteiger partial charge is 0.413 e. The van der Waals surface area contributed by atoms with Gasteiger partial charge in [-0.15, -0.1) is 0 Å². The average Bonchev–Trinajstić information content (AvgIpc) is 2.36. The third-order valence-corrected chi connectivity index (χ3v) is 2.04. The molecule has 1 aromatic heterocycles. The van der Waals surface area contributed by atoms with E-state index in [0.717, 1.165) is 0 Å². The zero-order valence-electron chi connectivity index (χ0n) is 12.7. The molecule has 0 radical (unpaired) electrons. The fourth-order valence-corrected chi connectivity index (χ4v) is 1.31. The van der Waals surface area contributed by atoms with Crippen molar-refractivity contribution < 1.29 is 23.8 Å². The maximum absolute atomic E-state index is 11.7. The van der Waals surface area contributed by atoms with Gasteiger partial charge in [-0.2, -0.15) is 0 Å². The first-order valence-corrected chi connectivity index (χ1v) is 6.35. The second kappa shape index (κ2) is 6.87. The summed E-state index contributed by atoms with van der Waals surface area (Å²) in [5.74, 6) is -0.592. The lowest BCUT2D eigenvalue weighted by atomic mass is 10.2. The van der Waals surface area contributed by atoms with Gasteiger partial charge in [0.2, 0.25) is 0 Å². The summed E-state index contributed by atoms with van der Waals surface area (Å²) in [6, 6.07) is 0. The fraction of sp³-hybridized carbons (Fsp3) is 0.538. The number of nitrogens with one attached hydrogen (secondary N) is 1. The summed E-state index contributed by atoms with van der Waals surface area (Å²) in [4.78, 5) is 31.2. The van der Waals surface area contributed by atoms with Gasteiger partial charge in [-0.3, -0.25) is 5.32 Å². The van der Waals surface area contributed by atoms with Crippen LogP contribution in [0.2, 0.25) is 0 Å². The number of aromatic nitrogens is 2. The van der Waals surface area contributed by atoms with Gasteiger partial charge >= 0.3 is 12.1 Å². The number of ether oxygens (including phenoxy) is 3. The monoisotopic (exact) mass is 297 g/mol. The first kappa shape index (κ1) is 16.7. The minimum absolute atomic E-state index is 0.0164. The van der Waals surface area contributed by atoms with Gasteiger partial charge in [-0.05, 0) is 27.7 Å². The zero-order chi connectivity index (χ0) is 16.0. The SMILES string of the molecule is CCOC(=O)c1cnc(OC)c(NC(=O)OC(C)(C)C)n1. The standard InChI is InChI=1S/C13H19N3O5/c1-6-20-11(17)8-7-14-10(19-5)9(15-8)16-12(18)21-13(2,3)4/h7H,6H2,1-5H3,(H,15,16,18).